The topological polar surface area (TPSA) is 92.2 Å². The summed E-state index contributed by atoms with van der Waals surface area (Å²) in [6, 6.07) is 3.00. The molecule has 84 valence electrons. The molecule has 1 amide bonds. The van der Waals surface area contributed by atoms with Gasteiger partial charge in [0, 0.05) is 0 Å². The van der Waals surface area contributed by atoms with Crippen molar-refractivity contribution in [3.63, 3.8) is 0 Å². The quantitative estimate of drug-likeness (QED) is 0.816. The minimum atomic E-state index is -0.942. The van der Waals surface area contributed by atoms with Gasteiger partial charge < -0.3 is 10.4 Å². The number of hydrogen-bond acceptors (Lipinski definition) is 4. The van der Waals surface area contributed by atoms with Crippen molar-refractivity contribution in [2.24, 2.45) is 11.8 Å². The number of carbonyl (C=O) groups excluding carboxylic acids is 1. The molecule has 1 saturated carbocycles. The standard InChI is InChI=1S/C9H8ClN3O3/c10-6-1-2-7(13-12-6)11-8(14)4-3-5(4)9(15)16/h1-2,4-5H,3H2,(H,15,16)(H,11,13,14)/t4-,5+/m1/s1. The number of nitrogens with one attached hydrogen (secondary N) is 1. The van der Waals surface area contributed by atoms with E-state index in [0.717, 1.165) is 0 Å². The molecule has 1 aliphatic carbocycles. The molecule has 2 rings (SSSR count). The molecule has 2 atom stereocenters. The zero-order valence-electron chi connectivity index (χ0n) is 8.05. The summed E-state index contributed by atoms with van der Waals surface area (Å²) in [5, 5.41) is 18.5. The lowest BCUT2D eigenvalue weighted by molar-refractivity contribution is -0.139. The molecule has 7 heteroatoms. The summed E-state index contributed by atoms with van der Waals surface area (Å²) in [5.41, 5.74) is 0. The largest absolute Gasteiger partial charge is 0.481 e. The number of hydrogen-bond donors (Lipinski definition) is 2. The Labute approximate surface area is 95.6 Å². The fourth-order valence-corrected chi connectivity index (χ4v) is 1.46. The summed E-state index contributed by atoms with van der Waals surface area (Å²) in [6.45, 7) is 0. The van der Waals surface area contributed by atoms with Crippen molar-refractivity contribution in [3.05, 3.63) is 17.3 Å². The second-order valence-corrected chi connectivity index (χ2v) is 3.90. The zero-order valence-corrected chi connectivity index (χ0v) is 8.81. The van der Waals surface area contributed by atoms with Crippen LogP contribution in [0.25, 0.3) is 0 Å². The van der Waals surface area contributed by atoms with Gasteiger partial charge in [-0.25, -0.2) is 0 Å². The van der Waals surface area contributed by atoms with Gasteiger partial charge in [-0.2, -0.15) is 0 Å². The predicted octanol–water partition coefficient (Wildman–Crippen LogP) is 0.789. The van der Waals surface area contributed by atoms with Crippen LogP contribution in [0.4, 0.5) is 5.82 Å². The van der Waals surface area contributed by atoms with E-state index in [1.807, 2.05) is 0 Å². The molecule has 1 aromatic rings. The van der Waals surface area contributed by atoms with Gasteiger partial charge in [-0.15, -0.1) is 10.2 Å². The van der Waals surface area contributed by atoms with Crippen molar-refractivity contribution in [1.82, 2.24) is 10.2 Å². The fourth-order valence-electron chi connectivity index (χ4n) is 1.36. The van der Waals surface area contributed by atoms with Crippen LogP contribution in [0.2, 0.25) is 5.15 Å². The normalized spacial score (nSPS) is 22.6. The number of amides is 1. The van der Waals surface area contributed by atoms with Crippen LogP contribution in [0, 0.1) is 11.8 Å². The molecule has 0 saturated heterocycles. The van der Waals surface area contributed by atoms with Crippen LogP contribution >= 0.6 is 11.6 Å². The van der Waals surface area contributed by atoms with Crippen LogP contribution in [0.1, 0.15) is 6.42 Å². The molecule has 1 aromatic heterocycles. The van der Waals surface area contributed by atoms with E-state index in [-0.39, 0.29) is 16.9 Å². The van der Waals surface area contributed by atoms with Gasteiger partial charge in [-0.1, -0.05) is 11.6 Å². The van der Waals surface area contributed by atoms with Crippen LogP contribution in [-0.2, 0) is 9.59 Å². The summed E-state index contributed by atoms with van der Waals surface area (Å²) in [4.78, 5) is 22.0. The number of nitrogens with zero attached hydrogens (tertiary/aromatic N) is 2. The average Bonchev–Trinajstić information content (AvgIpc) is 3.01. The molecule has 1 aliphatic rings. The first-order chi connectivity index (χ1) is 7.58. The Morgan fingerprint density at radius 2 is 2.12 bits per heavy atom. The number of aromatic nitrogens is 2. The Morgan fingerprint density at radius 3 is 2.62 bits per heavy atom. The Bertz CT molecular complexity index is 434. The van der Waals surface area contributed by atoms with Crippen LogP contribution in [0.15, 0.2) is 12.1 Å². The molecule has 0 aromatic carbocycles. The van der Waals surface area contributed by atoms with E-state index >= 15 is 0 Å². The maximum Gasteiger partial charge on any atom is 0.307 e. The number of halogens is 1. The lowest BCUT2D eigenvalue weighted by Gasteiger charge is -2.01. The van der Waals surface area contributed by atoms with Crippen molar-refractivity contribution >= 4 is 29.3 Å². The lowest BCUT2D eigenvalue weighted by Crippen LogP contribution is -2.17. The van der Waals surface area contributed by atoms with Crippen molar-refractivity contribution in [2.75, 3.05) is 5.32 Å². The van der Waals surface area contributed by atoms with E-state index < -0.39 is 17.8 Å². The summed E-state index contributed by atoms with van der Waals surface area (Å²) in [5.74, 6) is -2.05. The molecule has 16 heavy (non-hydrogen) atoms. The highest BCUT2D eigenvalue weighted by atomic mass is 35.5. The van der Waals surface area contributed by atoms with E-state index in [9.17, 15) is 9.59 Å². The van der Waals surface area contributed by atoms with Crippen LogP contribution in [0.5, 0.6) is 0 Å². The van der Waals surface area contributed by atoms with E-state index in [1.165, 1.54) is 12.1 Å². The van der Waals surface area contributed by atoms with Crippen molar-refractivity contribution in [3.8, 4) is 0 Å². The summed E-state index contributed by atoms with van der Waals surface area (Å²) < 4.78 is 0. The van der Waals surface area contributed by atoms with E-state index in [2.05, 4.69) is 15.5 Å². The molecular weight excluding hydrogens is 234 g/mol. The van der Waals surface area contributed by atoms with Crippen molar-refractivity contribution in [1.29, 1.82) is 0 Å². The molecule has 0 bridgehead atoms. The minimum Gasteiger partial charge on any atom is -0.481 e. The Balaban J connectivity index is 1.94. The third-order valence-electron chi connectivity index (χ3n) is 2.33. The number of aliphatic carboxylic acids is 1. The van der Waals surface area contributed by atoms with Crippen molar-refractivity contribution in [2.45, 2.75) is 6.42 Å². The van der Waals surface area contributed by atoms with E-state index in [0.29, 0.717) is 6.42 Å². The van der Waals surface area contributed by atoms with Gasteiger partial charge in [-0.3, -0.25) is 9.59 Å². The third-order valence-corrected chi connectivity index (χ3v) is 2.53. The zero-order chi connectivity index (χ0) is 11.7. The first-order valence-electron chi connectivity index (χ1n) is 4.61. The predicted molar refractivity (Wildman–Crippen MR) is 54.9 cm³/mol. The number of carboxylic acid groups (broad SMARTS) is 1. The lowest BCUT2D eigenvalue weighted by atomic mass is 10.3. The van der Waals surface area contributed by atoms with Crippen LogP contribution in [0.3, 0.4) is 0 Å². The second kappa shape index (κ2) is 4.05. The molecule has 0 aliphatic heterocycles. The maximum absolute atomic E-state index is 11.5. The Hall–Kier alpha value is -1.69. The SMILES string of the molecule is O=C(O)[C@H]1C[C@H]1C(=O)Nc1ccc(Cl)nn1. The molecule has 1 fully saturated rings. The molecule has 0 unspecified atom stereocenters. The summed E-state index contributed by atoms with van der Waals surface area (Å²) in [7, 11) is 0. The summed E-state index contributed by atoms with van der Waals surface area (Å²) in [6.07, 6.45) is 0.377. The van der Waals surface area contributed by atoms with Gasteiger partial charge in [0.25, 0.3) is 0 Å². The summed E-state index contributed by atoms with van der Waals surface area (Å²) >= 11 is 5.52. The monoisotopic (exact) mass is 241 g/mol. The van der Waals surface area contributed by atoms with Crippen LogP contribution in [-0.4, -0.2) is 27.2 Å². The Kier molecular flexibility index (Phi) is 2.74. The van der Waals surface area contributed by atoms with Gasteiger partial charge in [0.15, 0.2) is 11.0 Å². The van der Waals surface area contributed by atoms with Gasteiger partial charge in [0.2, 0.25) is 5.91 Å². The van der Waals surface area contributed by atoms with Gasteiger partial charge in [0.1, 0.15) is 0 Å². The highest BCUT2D eigenvalue weighted by molar-refractivity contribution is 6.29. The van der Waals surface area contributed by atoms with Gasteiger partial charge in [-0.05, 0) is 18.6 Å². The second-order valence-electron chi connectivity index (χ2n) is 3.52. The molecule has 1 heterocycles. The highest BCUT2D eigenvalue weighted by Gasteiger charge is 2.48. The number of rotatable bonds is 3. The molecular formula is C9H8ClN3O3. The number of carbonyl (C=O) groups is 2. The average molecular weight is 242 g/mol. The molecule has 0 radical (unpaired) electrons. The van der Waals surface area contributed by atoms with Crippen molar-refractivity contribution < 1.29 is 14.7 Å². The van der Waals surface area contributed by atoms with Gasteiger partial charge in [0.05, 0.1) is 11.8 Å². The molecule has 6 nitrogen and oxygen atoms in total. The first-order valence-corrected chi connectivity index (χ1v) is 4.98. The Morgan fingerprint density at radius 1 is 1.38 bits per heavy atom. The third kappa shape index (κ3) is 2.27. The molecule has 2 N–H and O–H groups in total. The fraction of sp³-hybridized carbons (Fsp3) is 0.333. The van der Waals surface area contributed by atoms with Crippen LogP contribution < -0.4 is 5.32 Å². The first kappa shape index (κ1) is 10.8. The highest BCUT2D eigenvalue weighted by Crippen LogP contribution is 2.39. The smallest absolute Gasteiger partial charge is 0.307 e. The molecule has 0 spiro atoms. The minimum absolute atomic E-state index is 0.229. The maximum atomic E-state index is 11.5. The number of carboxylic acids is 1. The van der Waals surface area contributed by atoms with Gasteiger partial charge >= 0.3 is 5.97 Å². The number of anilines is 1. The van der Waals surface area contributed by atoms with E-state index in [4.69, 9.17) is 16.7 Å². The van der Waals surface area contributed by atoms with E-state index in [1.54, 1.807) is 0 Å².